The average molecular weight is 501 g/mol. The zero-order valence-electron chi connectivity index (χ0n) is 20.0. The van der Waals surface area contributed by atoms with Gasteiger partial charge in [-0.05, 0) is 62.6 Å². The van der Waals surface area contributed by atoms with Crippen LogP contribution in [-0.2, 0) is 11.3 Å². The number of rotatable bonds is 9. The third-order valence-electron chi connectivity index (χ3n) is 5.83. The first-order valence-electron chi connectivity index (χ1n) is 11.9. The maximum Gasteiger partial charge on any atom is 0.317 e. The lowest BCUT2D eigenvalue weighted by Gasteiger charge is -2.26. The highest BCUT2D eigenvalue weighted by Crippen LogP contribution is 2.32. The Bertz CT molecular complexity index is 1150. The summed E-state index contributed by atoms with van der Waals surface area (Å²) in [6.45, 7) is 5.89. The number of carbonyl (C=O) groups excluding carboxylic acids is 1. The summed E-state index contributed by atoms with van der Waals surface area (Å²) in [7, 11) is 0. The van der Waals surface area contributed by atoms with E-state index in [9.17, 15) is 9.18 Å². The van der Waals surface area contributed by atoms with Crippen molar-refractivity contribution in [2.24, 2.45) is 0 Å². The van der Waals surface area contributed by atoms with Crippen LogP contribution in [0.3, 0.4) is 0 Å². The Labute approximate surface area is 209 Å². The molecule has 0 bridgehead atoms. The van der Waals surface area contributed by atoms with Crippen molar-refractivity contribution >= 4 is 17.6 Å². The van der Waals surface area contributed by atoms with Gasteiger partial charge in [0.15, 0.2) is 0 Å². The van der Waals surface area contributed by atoms with Crippen molar-refractivity contribution in [1.82, 2.24) is 20.0 Å². The highest BCUT2D eigenvalue weighted by Gasteiger charge is 2.27. The minimum Gasteiger partial charge on any atom is -0.438 e. The molecule has 0 aliphatic carbocycles. The molecule has 1 aliphatic rings. The van der Waals surface area contributed by atoms with Gasteiger partial charge in [0.05, 0.1) is 29.6 Å². The van der Waals surface area contributed by atoms with E-state index in [4.69, 9.17) is 26.2 Å². The highest BCUT2D eigenvalue weighted by atomic mass is 35.5. The van der Waals surface area contributed by atoms with E-state index in [1.165, 1.54) is 12.1 Å². The number of ether oxygens (including phenoxy) is 2. The van der Waals surface area contributed by atoms with Gasteiger partial charge in [-0.2, -0.15) is 5.10 Å². The lowest BCUT2D eigenvalue weighted by Crippen LogP contribution is -2.43. The molecule has 4 rings (SSSR count). The van der Waals surface area contributed by atoms with Gasteiger partial charge in [-0.15, -0.1) is 0 Å². The number of nitrogens with zero attached hydrogens (tertiary/aromatic N) is 3. The summed E-state index contributed by atoms with van der Waals surface area (Å²) in [6, 6.07) is 13.0. The van der Waals surface area contributed by atoms with Crippen molar-refractivity contribution in [2.45, 2.75) is 45.8 Å². The predicted octanol–water partition coefficient (Wildman–Crippen LogP) is 5.87. The maximum atomic E-state index is 13.9. The van der Waals surface area contributed by atoms with Crippen LogP contribution >= 0.6 is 11.6 Å². The molecule has 7 nitrogen and oxygen atoms in total. The number of benzene rings is 2. The van der Waals surface area contributed by atoms with Crippen LogP contribution in [0.5, 0.6) is 11.6 Å². The quantitative estimate of drug-likeness (QED) is 0.399. The SMILES string of the molecule is CCCNC(=O)N(Cc1c(C)nn(-c2ccc(Cl)cc2)c1Oc1cccc(F)c1)CC1CCCO1. The van der Waals surface area contributed by atoms with Gasteiger partial charge in [-0.25, -0.2) is 13.9 Å². The molecule has 2 amide bonds. The standard InChI is InChI=1S/C26H30ClFN4O3/c1-3-13-29-26(33)31(16-23-8-5-14-34-23)17-24-18(2)30-32(21-11-9-19(27)10-12-21)25(24)35-22-7-4-6-20(28)15-22/h4,6-7,9-12,15,23H,3,5,8,13-14,16-17H2,1-2H3,(H,29,33). The van der Waals surface area contributed by atoms with E-state index < -0.39 is 5.82 Å². The Balaban J connectivity index is 1.71. The second-order valence-corrected chi connectivity index (χ2v) is 9.00. The Morgan fingerprint density at radius 1 is 1.31 bits per heavy atom. The fraction of sp³-hybridized carbons (Fsp3) is 0.385. The van der Waals surface area contributed by atoms with Crippen molar-refractivity contribution < 1.29 is 18.7 Å². The van der Waals surface area contributed by atoms with Crippen molar-refractivity contribution in [3.63, 3.8) is 0 Å². The van der Waals surface area contributed by atoms with Crippen LogP contribution in [0, 0.1) is 12.7 Å². The molecule has 1 aromatic heterocycles. The minimum atomic E-state index is -0.405. The second-order valence-electron chi connectivity index (χ2n) is 8.56. The first-order valence-corrected chi connectivity index (χ1v) is 12.2. The van der Waals surface area contributed by atoms with E-state index in [0.717, 1.165) is 30.5 Å². The smallest absolute Gasteiger partial charge is 0.317 e. The fourth-order valence-electron chi connectivity index (χ4n) is 4.01. The monoisotopic (exact) mass is 500 g/mol. The molecule has 1 fully saturated rings. The van der Waals surface area contributed by atoms with Crippen LogP contribution in [0.1, 0.15) is 37.4 Å². The molecule has 1 N–H and O–H groups in total. The van der Waals surface area contributed by atoms with Gasteiger partial charge in [-0.3, -0.25) is 0 Å². The first kappa shape index (κ1) is 25.0. The molecule has 2 aromatic carbocycles. The number of aromatic nitrogens is 2. The lowest BCUT2D eigenvalue weighted by atomic mass is 10.2. The van der Waals surface area contributed by atoms with Crippen molar-refractivity contribution in [2.75, 3.05) is 19.7 Å². The third kappa shape index (κ3) is 6.32. The minimum absolute atomic E-state index is 0.0124. The molecule has 0 saturated carbocycles. The van der Waals surface area contributed by atoms with Gasteiger partial charge >= 0.3 is 6.03 Å². The lowest BCUT2D eigenvalue weighted by molar-refractivity contribution is 0.0793. The predicted molar refractivity (Wildman–Crippen MR) is 133 cm³/mol. The van der Waals surface area contributed by atoms with E-state index >= 15 is 0 Å². The van der Waals surface area contributed by atoms with E-state index in [1.807, 2.05) is 26.0 Å². The summed E-state index contributed by atoms with van der Waals surface area (Å²) in [5.74, 6) is 0.343. The molecule has 35 heavy (non-hydrogen) atoms. The molecule has 2 heterocycles. The summed E-state index contributed by atoms with van der Waals surface area (Å²) in [5, 5.41) is 8.27. The van der Waals surface area contributed by atoms with Gasteiger partial charge in [0.2, 0.25) is 5.88 Å². The van der Waals surface area contributed by atoms with Crippen LogP contribution < -0.4 is 10.1 Å². The highest BCUT2D eigenvalue weighted by molar-refractivity contribution is 6.30. The number of amides is 2. The molecule has 0 spiro atoms. The van der Waals surface area contributed by atoms with Gasteiger partial charge in [-0.1, -0.05) is 24.6 Å². The topological polar surface area (TPSA) is 68.6 Å². The number of urea groups is 1. The summed E-state index contributed by atoms with van der Waals surface area (Å²) < 4.78 is 27.6. The first-order chi connectivity index (χ1) is 16.9. The normalized spacial score (nSPS) is 15.3. The summed E-state index contributed by atoms with van der Waals surface area (Å²) >= 11 is 6.08. The van der Waals surface area contributed by atoms with Gasteiger partial charge in [0, 0.05) is 30.8 Å². The number of nitrogens with one attached hydrogen (secondary N) is 1. The zero-order chi connectivity index (χ0) is 24.8. The summed E-state index contributed by atoms with van der Waals surface area (Å²) in [5.41, 5.74) is 2.16. The molecular weight excluding hydrogens is 471 g/mol. The fourth-order valence-corrected chi connectivity index (χ4v) is 4.14. The molecule has 186 valence electrons. The Morgan fingerprint density at radius 2 is 2.11 bits per heavy atom. The van der Waals surface area contributed by atoms with Gasteiger partial charge < -0.3 is 19.7 Å². The Kier molecular flexibility index (Phi) is 8.25. The van der Waals surface area contributed by atoms with Crippen LogP contribution in [0.2, 0.25) is 5.02 Å². The average Bonchev–Trinajstić information content (AvgIpc) is 3.46. The number of carbonyl (C=O) groups is 1. The summed E-state index contributed by atoms with van der Waals surface area (Å²) in [6.07, 6.45) is 2.71. The van der Waals surface area contributed by atoms with Gasteiger partial charge in [0.1, 0.15) is 11.6 Å². The Morgan fingerprint density at radius 3 is 2.80 bits per heavy atom. The van der Waals surface area contributed by atoms with E-state index in [-0.39, 0.29) is 18.7 Å². The summed E-state index contributed by atoms with van der Waals surface area (Å²) in [4.78, 5) is 14.8. The third-order valence-corrected chi connectivity index (χ3v) is 6.08. The maximum absolute atomic E-state index is 13.9. The van der Waals surface area contributed by atoms with Crippen LogP contribution in [0.25, 0.3) is 5.69 Å². The van der Waals surface area contributed by atoms with E-state index in [0.29, 0.717) is 42.0 Å². The van der Waals surface area contributed by atoms with E-state index in [1.54, 1.807) is 33.8 Å². The molecule has 9 heteroatoms. The molecule has 1 aliphatic heterocycles. The molecule has 1 atom stereocenters. The number of halogens is 2. The molecule has 1 saturated heterocycles. The van der Waals surface area contributed by atoms with Crippen LogP contribution in [0.15, 0.2) is 48.5 Å². The van der Waals surface area contributed by atoms with Crippen molar-refractivity contribution in [3.8, 4) is 17.3 Å². The number of hydrogen-bond acceptors (Lipinski definition) is 4. The molecule has 3 aromatic rings. The van der Waals surface area contributed by atoms with E-state index in [2.05, 4.69) is 5.32 Å². The largest absolute Gasteiger partial charge is 0.438 e. The molecule has 1 unspecified atom stereocenters. The number of aryl methyl sites for hydroxylation is 1. The van der Waals surface area contributed by atoms with Gasteiger partial charge in [0.25, 0.3) is 0 Å². The molecule has 0 radical (unpaired) electrons. The second kappa shape index (κ2) is 11.6. The molecular formula is C26H30ClFN4O3. The Hall–Kier alpha value is -3.10. The van der Waals surface area contributed by atoms with Crippen molar-refractivity contribution in [3.05, 3.63) is 70.6 Å². The zero-order valence-corrected chi connectivity index (χ0v) is 20.7. The van der Waals surface area contributed by atoms with Crippen LogP contribution in [-0.4, -0.2) is 46.5 Å². The van der Waals surface area contributed by atoms with Crippen molar-refractivity contribution in [1.29, 1.82) is 0 Å². The number of hydrogen-bond donors (Lipinski definition) is 1. The van der Waals surface area contributed by atoms with Crippen LogP contribution in [0.4, 0.5) is 9.18 Å².